The number of nitrogens with zero attached hydrogens (tertiary/aromatic N) is 4. The van der Waals surface area contributed by atoms with Crippen molar-refractivity contribution < 1.29 is 18.0 Å². The highest BCUT2D eigenvalue weighted by Gasteiger charge is 2.39. The van der Waals surface area contributed by atoms with Gasteiger partial charge in [0.25, 0.3) is 0 Å². The van der Waals surface area contributed by atoms with E-state index >= 15 is 0 Å². The predicted octanol–water partition coefficient (Wildman–Crippen LogP) is 3.99. The van der Waals surface area contributed by atoms with Crippen molar-refractivity contribution in [2.24, 2.45) is 0 Å². The van der Waals surface area contributed by atoms with Crippen LogP contribution in [0.4, 0.5) is 13.2 Å². The molecule has 0 spiro atoms. The molecule has 1 saturated carbocycles. The first kappa shape index (κ1) is 20.9. The standard InChI is InChI=1S/C22H27F3N4O/c1-15-4-3-5-17(12-15)14-27-8-10-28(11-9-27)21(30)16(2)29-19(18-6-7-18)13-20(26-29)22(23,24)25/h3-5,12-13,16,18H,6-11,14H2,1-2H3. The molecule has 30 heavy (non-hydrogen) atoms. The number of aromatic nitrogens is 2. The highest BCUT2D eigenvalue weighted by molar-refractivity contribution is 5.80. The van der Waals surface area contributed by atoms with Gasteiger partial charge in [-0.25, -0.2) is 0 Å². The Bertz CT molecular complexity index is 911. The van der Waals surface area contributed by atoms with E-state index in [9.17, 15) is 18.0 Å². The number of carbonyl (C=O) groups excluding carboxylic acids is 1. The van der Waals surface area contributed by atoms with Gasteiger partial charge in [0.1, 0.15) is 6.04 Å². The molecular weight excluding hydrogens is 393 g/mol. The Balaban J connectivity index is 1.40. The lowest BCUT2D eigenvalue weighted by Crippen LogP contribution is -2.50. The highest BCUT2D eigenvalue weighted by atomic mass is 19.4. The average Bonchev–Trinajstić information content (AvgIpc) is 3.44. The van der Waals surface area contributed by atoms with E-state index in [-0.39, 0.29) is 11.8 Å². The summed E-state index contributed by atoms with van der Waals surface area (Å²) in [5, 5.41) is 3.77. The van der Waals surface area contributed by atoms with Gasteiger partial charge >= 0.3 is 6.18 Å². The molecule has 1 saturated heterocycles. The highest BCUT2D eigenvalue weighted by Crippen LogP contribution is 2.43. The summed E-state index contributed by atoms with van der Waals surface area (Å²) in [5.41, 5.74) is 2.08. The lowest BCUT2D eigenvalue weighted by Gasteiger charge is -2.36. The minimum absolute atomic E-state index is 0.0787. The number of rotatable bonds is 5. The fourth-order valence-electron chi connectivity index (χ4n) is 4.11. The number of halogens is 3. The zero-order valence-corrected chi connectivity index (χ0v) is 17.3. The van der Waals surface area contributed by atoms with Crippen LogP contribution in [-0.4, -0.2) is 51.7 Å². The molecule has 0 bridgehead atoms. The molecule has 2 aliphatic rings. The third-order valence-electron chi connectivity index (χ3n) is 5.95. The van der Waals surface area contributed by atoms with Crippen LogP contribution in [0.2, 0.25) is 0 Å². The van der Waals surface area contributed by atoms with Crippen molar-refractivity contribution in [1.29, 1.82) is 0 Å². The third kappa shape index (κ3) is 4.53. The molecule has 1 aromatic heterocycles. The lowest BCUT2D eigenvalue weighted by molar-refractivity contribution is -0.143. The molecule has 0 N–H and O–H groups in total. The fraction of sp³-hybridized carbons (Fsp3) is 0.545. The number of piperazine rings is 1. The van der Waals surface area contributed by atoms with Crippen LogP contribution in [0.3, 0.4) is 0 Å². The third-order valence-corrected chi connectivity index (χ3v) is 5.95. The van der Waals surface area contributed by atoms with Gasteiger partial charge in [-0.05, 0) is 38.3 Å². The summed E-state index contributed by atoms with van der Waals surface area (Å²) in [7, 11) is 0. The number of alkyl halides is 3. The van der Waals surface area contributed by atoms with Crippen LogP contribution in [-0.2, 0) is 17.5 Å². The maximum atomic E-state index is 13.2. The van der Waals surface area contributed by atoms with Crippen LogP contribution in [0, 0.1) is 6.92 Å². The van der Waals surface area contributed by atoms with Gasteiger partial charge in [0.2, 0.25) is 5.91 Å². The summed E-state index contributed by atoms with van der Waals surface area (Å²) < 4.78 is 40.8. The lowest BCUT2D eigenvalue weighted by atomic mass is 10.1. The molecule has 1 aliphatic carbocycles. The van der Waals surface area contributed by atoms with Crippen molar-refractivity contribution in [3.05, 3.63) is 52.8 Å². The van der Waals surface area contributed by atoms with E-state index in [0.29, 0.717) is 18.8 Å². The van der Waals surface area contributed by atoms with Crippen LogP contribution in [0.5, 0.6) is 0 Å². The summed E-state index contributed by atoms with van der Waals surface area (Å²) >= 11 is 0. The van der Waals surface area contributed by atoms with Crippen molar-refractivity contribution in [1.82, 2.24) is 19.6 Å². The first-order valence-electron chi connectivity index (χ1n) is 10.5. The largest absolute Gasteiger partial charge is 0.435 e. The minimum atomic E-state index is -4.50. The van der Waals surface area contributed by atoms with Crippen LogP contribution in [0.25, 0.3) is 0 Å². The molecule has 2 heterocycles. The van der Waals surface area contributed by atoms with Crippen molar-refractivity contribution in [3.63, 3.8) is 0 Å². The summed E-state index contributed by atoms with van der Waals surface area (Å²) in [6, 6.07) is 8.75. The fourth-order valence-corrected chi connectivity index (χ4v) is 4.11. The Hall–Kier alpha value is -2.35. The second-order valence-corrected chi connectivity index (χ2v) is 8.44. The Labute approximate surface area is 174 Å². The maximum absolute atomic E-state index is 13.2. The number of aryl methyl sites for hydroxylation is 1. The van der Waals surface area contributed by atoms with Gasteiger partial charge in [0.15, 0.2) is 5.69 Å². The Morgan fingerprint density at radius 1 is 1.17 bits per heavy atom. The number of hydrogen-bond acceptors (Lipinski definition) is 3. The summed E-state index contributed by atoms with van der Waals surface area (Å²) in [6.45, 7) is 7.18. The van der Waals surface area contributed by atoms with Crippen LogP contribution >= 0.6 is 0 Å². The Morgan fingerprint density at radius 3 is 2.47 bits per heavy atom. The summed E-state index contributed by atoms with van der Waals surface area (Å²) in [6.07, 6.45) is -2.80. The zero-order chi connectivity index (χ0) is 21.5. The topological polar surface area (TPSA) is 41.4 Å². The minimum Gasteiger partial charge on any atom is -0.338 e. The monoisotopic (exact) mass is 420 g/mol. The molecule has 1 unspecified atom stereocenters. The molecule has 1 atom stereocenters. The summed E-state index contributed by atoms with van der Waals surface area (Å²) in [5.74, 6) is -0.0843. The number of benzene rings is 1. The number of amides is 1. The zero-order valence-electron chi connectivity index (χ0n) is 17.3. The van der Waals surface area contributed by atoms with E-state index < -0.39 is 17.9 Å². The number of carbonyl (C=O) groups is 1. The second kappa shape index (κ2) is 8.06. The summed E-state index contributed by atoms with van der Waals surface area (Å²) in [4.78, 5) is 17.1. The smallest absolute Gasteiger partial charge is 0.338 e. The molecule has 2 aromatic rings. The molecule has 1 amide bonds. The van der Waals surface area contributed by atoms with Crippen LogP contribution in [0.15, 0.2) is 30.3 Å². The van der Waals surface area contributed by atoms with Gasteiger partial charge in [-0.3, -0.25) is 14.4 Å². The van der Waals surface area contributed by atoms with E-state index in [2.05, 4.69) is 35.1 Å². The van der Waals surface area contributed by atoms with E-state index in [1.807, 2.05) is 6.07 Å². The first-order valence-corrected chi connectivity index (χ1v) is 10.5. The van der Waals surface area contributed by atoms with Crippen molar-refractivity contribution in [2.75, 3.05) is 26.2 Å². The second-order valence-electron chi connectivity index (χ2n) is 8.44. The van der Waals surface area contributed by atoms with Gasteiger partial charge in [0, 0.05) is 44.3 Å². The number of hydrogen-bond donors (Lipinski definition) is 0. The van der Waals surface area contributed by atoms with Gasteiger partial charge < -0.3 is 4.90 Å². The van der Waals surface area contributed by atoms with E-state index in [1.165, 1.54) is 15.8 Å². The van der Waals surface area contributed by atoms with Crippen LogP contribution < -0.4 is 0 Å². The molecule has 8 heteroatoms. The Kier molecular flexibility index (Phi) is 5.61. The molecule has 4 rings (SSSR count). The normalized spacial score (nSPS) is 19.2. The SMILES string of the molecule is Cc1cccc(CN2CCN(C(=O)C(C)n3nc(C(F)(F)F)cc3C3CC3)CC2)c1. The van der Waals surface area contributed by atoms with E-state index in [4.69, 9.17) is 0 Å². The molecule has 162 valence electrons. The molecule has 1 aromatic carbocycles. The van der Waals surface area contributed by atoms with E-state index in [0.717, 1.165) is 38.5 Å². The van der Waals surface area contributed by atoms with Gasteiger partial charge in [0.05, 0.1) is 0 Å². The molecular formula is C22H27F3N4O. The van der Waals surface area contributed by atoms with Crippen molar-refractivity contribution >= 4 is 5.91 Å². The maximum Gasteiger partial charge on any atom is 0.435 e. The van der Waals surface area contributed by atoms with Crippen molar-refractivity contribution in [2.45, 2.75) is 51.4 Å². The Morgan fingerprint density at radius 2 is 1.87 bits per heavy atom. The van der Waals surface area contributed by atoms with Gasteiger partial charge in [-0.15, -0.1) is 0 Å². The molecule has 0 radical (unpaired) electrons. The predicted molar refractivity (Wildman–Crippen MR) is 107 cm³/mol. The molecule has 2 fully saturated rings. The molecule has 5 nitrogen and oxygen atoms in total. The van der Waals surface area contributed by atoms with Gasteiger partial charge in [-0.1, -0.05) is 29.8 Å². The van der Waals surface area contributed by atoms with Gasteiger partial charge in [-0.2, -0.15) is 18.3 Å². The van der Waals surface area contributed by atoms with E-state index in [1.54, 1.807) is 11.8 Å². The van der Waals surface area contributed by atoms with Crippen LogP contribution in [0.1, 0.15) is 54.2 Å². The van der Waals surface area contributed by atoms with Crippen molar-refractivity contribution in [3.8, 4) is 0 Å². The molecule has 1 aliphatic heterocycles. The average molecular weight is 420 g/mol. The quantitative estimate of drug-likeness (QED) is 0.735. The first-order chi connectivity index (χ1) is 14.2.